The van der Waals surface area contributed by atoms with Gasteiger partial charge in [-0.15, -0.1) is 0 Å². The van der Waals surface area contributed by atoms with Gasteiger partial charge in [-0.05, 0) is 43.3 Å². The Balaban J connectivity index is 1.81. The average Bonchev–Trinajstić information content (AvgIpc) is 3.13. The lowest BCUT2D eigenvalue weighted by Gasteiger charge is -2.21. The van der Waals surface area contributed by atoms with Crippen molar-refractivity contribution in [2.24, 2.45) is 0 Å². The van der Waals surface area contributed by atoms with Crippen LogP contribution in [0.3, 0.4) is 0 Å². The molecule has 7 heteroatoms. The van der Waals surface area contributed by atoms with E-state index in [1.54, 1.807) is 43.3 Å². The van der Waals surface area contributed by atoms with E-state index in [9.17, 15) is 9.59 Å². The van der Waals surface area contributed by atoms with Gasteiger partial charge in [-0.25, -0.2) is 0 Å². The Morgan fingerprint density at radius 3 is 2.64 bits per heavy atom. The topological polar surface area (TPSA) is 95.6 Å². The van der Waals surface area contributed by atoms with Crippen molar-refractivity contribution in [2.75, 3.05) is 13.6 Å². The summed E-state index contributed by atoms with van der Waals surface area (Å²) in [5.41, 5.74) is 0.511. The number of carbonyl (C=O) groups excluding carboxylic acids is 2. The smallest absolute Gasteiger partial charge is 0.263 e. The molecule has 0 unspecified atom stereocenters. The minimum Gasteiger partial charge on any atom is -0.481 e. The SMILES string of the molecule is C[C@H](Oc1ccc(C#N)cc1)C(=O)N(C)CC(=O)NCc1ccco1. The number of rotatable bonds is 7. The summed E-state index contributed by atoms with van der Waals surface area (Å²) in [6, 6.07) is 12.0. The van der Waals surface area contributed by atoms with Gasteiger partial charge in [0.25, 0.3) is 5.91 Å². The van der Waals surface area contributed by atoms with E-state index in [1.807, 2.05) is 6.07 Å². The third-order valence-corrected chi connectivity index (χ3v) is 3.44. The van der Waals surface area contributed by atoms with Crippen LogP contribution in [0, 0.1) is 11.3 Å². The second-order valence-corrected chi connectivity index (χ2v) is 5.45. The van der Waals surface area contributed by atoms with E-state index in [0.29, 0.717) is 17.1 Å². The Kier molecular flexibility index (Phi) is 6.18. The van der Waals surface area contributed by atoms with Gasteiger partial charge in [0.1, 0.15) is 11.5 Å². The van der Waals surface area contributed by atoms with Crippen LogP contribution in [-0.4, -0.2) is 36.4 Å². The highest BCUT2D eigenvalue weighted by Crippen LogP contribution is 2.14. The number of benzene rings is 1. The van der Waals surface area contributed by atoms with Crippen molar-refractivity contribution in [3.8, 4) is 11.8 Å². The molecule has 0 saturated carbocycles. The number of hydrogen-bond donors (Lipinski definition) is 1. The van der Waals surface area contributed by atoms with Crippen molar-refractivity contribution in [3.05, 3.63) is 54.0 Å². The van der Waals surface area contributed by atoms with Crippen LogP contribution in [0.25, 0.3) is 0 Å². The zero-order valence-electron chi connectivity index (χ0n) is 14.1. The fraction of sp³-hybridized carbons (Fsp3) is 0.278. The van der Waals surface area contributed by atoms with E-state index >= 15 is 0 Å². The first-order valence-electron chi connectivity index (χ1n) is 7.70. The maximum atomic E-state index is 12.3. The van der Waals surface area contributed by atoms with Gasteiger partial charge in [0, 0.05) is 7.05 Å². The molecule has 130 valence electrons. The molecule has 0 saturated heterocycles. The molecule has 0 aliphatic heterocycles. The minimum atomic E-state index is -0.754. The number of carbonyl (C=O) groups is 2. The molecule has 2 rings (SSSR count). The van der Waals surface area contributed by atoms with E-state index in [0.717, 1.165) is 0 Å². The zero-order chi connectivity index (χ0) is 18.2. The number of nitrogens with zero attached hydrogens (tertiary/aromatic N) is 2. The first-order valence-corrected chi connectivity index (χ1v) is 7.70. The molecule has 0 fully saturated rings. The standard InChI is InChI=1S/C18H19N3O4/c1-13(25-15-7-5-14(10-19)6-8-15)18(23)21(2)12-17(22)20-11-16-4-3-9-24-16/h3-9,13H,11-12H2,1-2H3,(H,20,22)/t13-/m0/s1. The van der Waals surface area contributed by atoms with Gasteiger partial charge in [-0.1, -0.05) is 0 Å². The average molecular weight is 341 g/mol. The van der Waals surface area contributed by atoms with Crippen molar-refractivity contribution in [1.29, 1.82) is 5.26 Å². The molecule has 2 amide bonds. The van der Waals surface area contributed by atoms with Crippen LogP contribution in [-0.2, 0) is 16.1 Å². The zero-order valence-corrected chi connectivity index (χ0v) is 14.1. The maximum absolute atomic E-state index is 12.3. The molecular formula is C18H19N3O4. The largest absolute Gasteiger partial charge is 0.481 e. The fourth-order valence-corrected chi connectivity index (χ4v) is 2.12. The molecule has 1 aromatic carbocycles. The first-order chi connectivity index (χ1) is 12.0. The summed E-state index contributed by atoms with van der Waals surface area (Å²) >= 11 is 0. The summed E-state index contributed by atoms with van der Waals surface area (Å²) < 4.78 is 10.7. The van der Waals surface area contributed by atoms with E-state index in [-0.39, 0.29) is 24.9 Å². The molecular weight excluding hydrogens is 322 g/mol. The molecule has 0 spiro atoms. The molecule has 0 aliphatic rings. The van der Waals surface area contributed by atoms with Crippen molar-refractivity contribution >= 4 is 11.8 Å². The van der Waals surface area contributed by atoms with Gasteiger partial charge in [0.05, 0.1) is 31.0 Å². The third kappa shape index (κ3) is 5.39. The Morgan fingerprint density at radius 1 is 1.32 bits per heavy atom. The summed E-state index contributed by atoms with van der Waals surface area (Å²) in [6.45, 7) is 1.80. The molecule has 1 aromatic heterocycles. The number of ether oxygens (including phenoxy) is 1. The number of nitriles is 1. The number of likely N-dealkylation sites (N-methyl/N-ethyl adjacent to an activating group) is 1. The number of furan rings is 1. The normalized spacial score (nSPS) is 11.2. The monoisotopic (exact) mass is 341 g/mol. The van der Waals surface area contributed by atoms with Gasteiger partial charge >= 0.3 is 0 Å². The Bertz CT molecular complexity index is 748. The summed E-state index contributed by atoms with van der Waals surface area (Å²) in [5.74, 6) is 0.505. The van der Waals surface area contributed by atoms with Crippen molar-refractivity contribution in [3.63, 3.8) is 0 Å². The van der Waals surface area contributed by atoms with Gasteiger partial charge in [0.15, 0.2) is 6.10 Å². The Labute approximate surface area is 145 Å². The Morgan fingerprint density at radius 2 is 2.04 bits per heavy atom. The van der Waals surface area contributed by atoms with Crippen LogP contribution in [0.2, 0.25) is 0 Å². The van der Waals surface area contributed by atoms with E-state index in [4.69, 9.17) is 14.4 Å². The molecule has 2 aromatic rings. The summed E-state index contributed by atoms with van der Waals surface area (Å²) in [6.07, 6.45) is 0.773. The van der Waals surface area contributed by atoms with Crippen LogP contribution in [0.15, 0.2) is 47.1 Å². The van der Waals surface area contributed by atoms with E-state index in [1.165, 1.54) is 18.2 Å². The number of amides is 2. The maximum Gasteiger partial charge on any atom is 0.263 e. The number of nitrogens with one attached hydrogen (secondary N) is 1. The molecule has 1 heterocycles. The van der Waals surface area contributed by atoms with Crippen LogP contribution in [0.5, 0.6) is 5.75 Å². The van der Waals surface area contributed by atoms with Crippen LogP contribution in [0.4, 0.5) is 0 Å². The predicted octanol–water partition coefficient (Wildman–Crippen LogP) is 1.69. The van der Waals surface area contributed by atoms with Gasteiger partial charge in [0.2, 0.25) is 5.91 Å². The van der Waals surface area contributed by atoms with Gasteiger partial charge in [-0.2, -0.15) is 5.26 Å². The molecule has 0 radical (unpaired) electrons. The quantitative estimate of drug-likeness (QED) is 0.827. The Hall–Kier alpha value is -3.27. The van der Waals surface area contributed by atoms with Crippen molar-refractivity contribution in [2.45, 2.75) is 19.6 Å². The lowest BCUT2D eigenvalue weighted by Crippen LogP contribution is -2.43. The second kappa shape index (κ2) is 8.55. The van der Waals surface area contributed by atoms with E-state index < -0.39 is 6.10 Å². The van der Waals surface area contributed by atoms with E-state index in [2.05, 4.69) is 5.32 Å². The highest BCUT2D eigenvalue weighted by Gasteiger charge is 2.21. The molecule has 1 N–H and O–H groups in total. The van der Waals surface area contributed by atoms with Gasteiger partial charge in [-0.3, -0.25) is 9.59 Å². The van der Waals surface area contributed by atoms with Crippen LogP contribution < -0.4 is 10.1 Å². The third-order valence-electron chi connectivity index (χ3n) is 3.44. The van der Waals surface area contributed by atoms with Crippen molar-refractivity contribution in [1.82, 2.24) is 10.2 Å². The highest BCUT2D eigenvalue weighted by molar-refractivity contribution is 5.86. The summed E-state index contributed by atoms with van der Waals surface area (Å²) in [7, 11) is 1.54. The first kappa shape index (κ1) is 18.1. The van der Waals surface area contributed by atoms with Crippen LogP contribution >= 0.6 is 0 Å². The lowest BCUT2D eigenvalue weighted by atomic mass is 10.2. The molecule has 0 bridgehead atoms. The predicted molar refractivity (Wildman–Crippen MR) is 89.4 cm³/mol. The summed E-state index contributed by atoms with van der Waals surface area (Å²) in [4.78, 5) is 25.5. The lowest BCUT2D eigenvalue weighted by molar-refractivity contribution is -0.140. The fourth-order valence-electron chi connectivity index (χ4n) is 2.12. The van der Waals surface area contributed by atoms with Gasteiger partial charge < -0.3 is 19.4 Å². The second-order valence-electron chi connectivity index (χ2n) is 5.45. The molecule has 7 nitrogen and oxygen atoms in total. The molecule has 1 atom stereocenters. The minimum absolute atomic E-state index is 0.0827. The number of hydrogen-bond acceptors (Lipinski definition) is 5. The van der Waals surface area contributed by atoms with Crippen molar-refractivity contribution < 1.29 is 18.7 Å². The summed E-state index contributed by atoms with van der Waals surface area (Å²) in [5, 5.41) is 11.4. The van der Waals surface area contributed by atoms with Crippen LogP contribution in [0.1, 0.15) is 18.2 Å². The highest BCUT2D eigenvalue weighted by atomic mass is 16.5. The molecule has 0 aliphatic carbocycles. The molecule has 25 heavy (non-hydrogen) atoms.